The van der Waals surface area contributed by atoms with E-state index in [4.69, 9.17) is 0 Å². The van der Waals surface area contributed by atoms with Gasteiger partial charge in [-0.15, -0.1) is 0 Å². The van der Waals surface area contributed by atoms with E-state index in [2.05, 4.69) is 64.1 Å². The fourth-order valence-corrected chi connectivity index (χ4v) is 2.80. The molecule has 20 heavy (non-hydrogen) atoms. The molecule has 0 N–H and O–H groups in total. The molecule has 0 atom stereocenters. The maximum Gasteiger partial charge on any atom is 0.141 e. The molecule has 0 aliphatic rings. The van der Waals surface area contributed by atoms with Crippen LogP contribution in [0.3, 0.4) is 0 Å². The molecule has 4 rings (SSSR count). The van der Waals surface area contributed by atoms with E-state index in [-0.39, 0.29) is 0 Å². The van der Waals surface area contributed by atoms with Crippen molar-refractivity contribution in [1.29, 1.82) is 0 Å². The van der Waals surface area contributed by atoms with Gasteiger partial charge in [0.15, 0.2) is 0 Å². The van der Waals surface area contributed by atoms with Crippen molar-refractivity contribution in [2.45, 2.75) is 6.54 Å². The van der Waals surface area contributed by atoms with E-state index < -0.39 is 0 Å². The Labute approximate surface area is 117 Å². The van der Waals surface area contributed by atoms with E-state index in [1.165, 1.54) is 21.9 Å². The number of rotatable bonds is 2. The lowest BCUT2D eigenvalue weighted by Crippen LogP contribution is -2.00. The van der Waals surface area contributed by atoms with Crippen molar-refractivity contribution in [3.8, 4) is 0 Å². The van der Waals surface area contributed by atoms with Crippen LogP contribution in [0.4, 0.5) is 0 Å². The molecule has 0 amide bonds. The highest BCUT2D eigenvalue weighted by molar-refractivity contribution is 6.06. The molecule has 2 heteroatoms. The van der Waals surface area contributed by atoms with Crippen LogP contribution in [0.5, 0.6) is 0 Å². The van der Waals surface area contributed by atoms with Crippen LogP contribution in [0.1, 0.15) is 5.56 Å². The van der Waals surface area contributed by atoms with Gasteiger partial charge in [0.05, 0.1) is 5.52 Å². The molecule has 0 saturated heterocycles. The van der Waals surface area contributed by atoms with Crippen LogP contribution >= 0.6 is 0 Å². The van der Waals surface area contributed by atoms with Crippen LogP contribution in [-0.4, -0.2) is 9.55 Å². The third-order valence-electron chi connectivity index (χ3n) is 3.71. The molecule has 96 valence electrons. The molecule has 0 unspecified atom stereocenters. The van der Waals surface area contributed by atoms with Gasteiger partial charge >= 0.3 is 0 Å². The molecule has 2 aromatic heterocycles. The lowest BCUT2D eigenvalue weighted by Gasteiger charge is -2.06. The number of nitrogens with zero attached hydrogens (tertiary/aromatic N) is 2. The summed E-state index contributed by atoms with van der Waals surface area (Å²) >= 11 is 0. The standard InChI is InChI=1S/C18H14N2/c1-2-7-14(8-3-1)13-20-17-11-5-4-9-15(17)16-10-6-12-19-18(16)20/h1-12H,13H2. The number of para-hydroxylation sites is 1. The molecule has 2 aromatic carbocycles. The normalized spacial score (nSPS) is 11.2. The lowest BCUT2D eigenvalue weighted by atomic mass is 10.2. The first-order chi connectivity index (χ1) is 9.93. The highest BCUT2D eigenvalue weighted by Crippen LogP contribution is 2.27. The van der Waals surface area contributed by atoms with Crippen molar-refractivity contribution in [3.05, 3.63) is 78.5 Å². The van der Waals surface area contributed by atoms with Crippen LogP contribution in [0.25, 0.3) is 21.9 Å². The zero-order valence-electron chi connectivity index (χ0n) is 11.0. The molecule has 2 nitrogen and oxygen atoms in total. The van der Waals surface area contributed by atoms with Gasteiger partial charge in [-0.3, -0.25) is 0 Å². The summed E-state index contributed by atoms with van der Waals surface area (Å²) in [5.74, 6) is 0. The first kappa shape index (κ1) is 11.2. The fourth-order valence-electron chi connectivity index (χ4n) is 2.80. The zero-order valence-corrected chi connectivity index (χ0v) is 11.0. The average Bonchev–Trinajstić information content (AvgIpc) is 2.84. The Bertz CT molecular complexity index is 822. The monoisotopic (exact) mass is 258 g/mol. The van der Waals surface area contributed by atoms with Crippen LogP contribution < -0.4 is 0 Å². The smallest absolute Gasteiger partial charge is 0.141 e. The first-order valence-corrected chi connectivity index (χ1v) is 6.79. The van der Waals surface area contributed by atoms with Crippen LogP contribution in [0.15, 0.2) is 72.9 Å². The molecule has 0 saturated carbocycles. The molecular formula is C18H14N2. The minimum atomic E-state index is 0.849. The Kier molecular flexibility index (Phi) is 2.52. The molecule has 4 aromatic rings. The Morgan fingerprint density at radius 2 is 1.50 bits per heavy atom. The topological polar surface area (TPSA) is 17.8 Å². The summed E-state index contributed by atoms with van der Waals surface area (Å²) in [7, 11) is 0. The van der Waals surface area contributed by atoms with Gasteiger partial charge in [0, 0.05) is 23.5 Å². The first-order valence-electron chi connectivity index (χ1n) is 6.79. The molecule has 0 spiro atoms. The summed E-state index contributed by atoms with van der Waals surface area (Å²) in [6.45, 7) is 0.849. The van der Waals surface area contributed by atoms with Crippen molar-refractivity contribution in [2.75, 3.05) is 0 Å². The van der Waals surface area contributed by atoms with Crippen molar-refractivity contribution < 1.29 is 0 Å². The summed E-state index contributed by atoms with van der Waals surface area (Å²) in [5, 5.41) is 2.49. The fraction of sp³-hybridized carbons (Fsp3) is 0.0556. The van der Waals surface area contributed by atoms with E-state index in [9.17, 15) is 0 Å². The molecule has 0 radical (unpaired) electrons. The van der Waals surface area contributed by atoms with Gasteiger partial charge in [0.25, 0.3) is 0 Å². The van der Waals surface area contributed by atoms with E-state index in [1.807, 2.05) is 18.3 Å². The van der Waals surface area contributed by atoms with E-state index >= 15 is 0 Å². The number of pyridine rings is 1. The number of benzene rings is 2. The van der Waals surface area contributed by atoms with Gasteiger partial charge < -0.3 is 4.57 Å². The van der Waals surface area contributed by atoms with E-state index in [0.717, 1.165) is 12.2 Å². The van der Waals surface area contributed by atoms with E-state index in [1.54, 1.807) is 0 Å². The highest BCUT2D eigenvalue weighted by Gasteiger charge is 2.10. The van der Waals surface area contributed by atoms with Crippen LogP contribution in [0, 0.1) is 0 Å². The third-order valence-corrected chi connectivity index (χ3v) is 3.71. The predicted octanol–water partition coefficient (Wildman–Crippen LogP) is 4.24. The van der Waals surface area contributed by atoms with E-state index in [0.29, 0.717) is 0 Å². The minimum Gasteiger partial charge on any atom is -0.321 e. The summed E-state index contributed by atoms with van der Waals surface area (Å²) in [5.41, 5.74) is 3.59. The molecule has 0 aliphatic carbocycles. The maximum absolute atomic E-state index is 4.58. The largest absolute Gasteiger partial charge is 0.321 e. The quantitative estimate of drug-likeness (QED) is 0.526. The lowest BCUT2D eigenvalue weighted by molar-refractivity contribution is 0.856. The molecule has 0 aliphatic heterocycles. The second kappa shape index (κ2) is 4.49. The Morgan fingerprint density at radius 3 is 2.40 bits per heavy atom. The second-order valence-corrected chi connectivity index (χ2v) is 4.96. The van der Waals surface area contributed by atoms with Crippen LogP contribution in [0.2, 0.25) is 0 Å². The van der Waals surface area contributed by atoms with Gasteiger partial charge in [-0.25, -0.2) is 4.98 Å². The Morgan fingerprint density at radius 1 is 0.750 bits per heavy atom. The highest BCUT2D eigenvalue weighted by atomic mass is 15.0. The number of hydrogen-bond donors (Lipinski definition) is 0. The minimum absolute atomic E-state index is 0.849. The average molecular weight is 258 g/mol. The maximum atomic E-state index is 4.58. The van der Waals surface area contributed by atoms with Gasteiger partial charge in [-0.05, 0) is 23.8 Å². The SMILES string of the molecule is c1ccc(Cn2c3ccccc3c3cccnc32)cc1. The zero-order chi connectivity index (χ0) is 13.4. The van der Waals surface area contributed by atoms with Crippen molar-refractivity contribution in [3.63, 3.8) is 0 Å². The third kappa shape index (κ3) is 1.69. The number of hydrogen-bond acceptors (Lipinski definition) is 1. The Hall–Kier alpha value is -2.61. The van der Waals surface area contributed by atoms with Gasteiger partial charge in [0.1, 0.15) is 5.65 Å². The van der Waals surface area contributed by atoms with Crippen LogP contribution in [-0.2, 0) is 6.54 Å². The van der Waals surface area contributed by atoms with Gasteiger partial charge in [0.2, 0.25) is 0 Å². The van der Waals surface area contributed by atoms with Crippen molar-refractivity contribution >= 4 is 21.9 Å². The van der Waals surface area contributed by atoms with Crippen molar-refractivity contribution in [2.24, 2.45) is 0 Å². The Balaban J connectivity index is 2.00. The molecule has 2 heterocycles. The molecule has 0 bridgehead atoms. The van der Waals surface area contributed by atoms with Gasteiger partial charge in [-0.1, -0.05) is 48.5 Å². The molecular weight excluding hydrogens is 244 g/mol. The predicted molar refractivity (Wildman–Crippen MR) is 82.8 cm³/mol. The second-order valence-electron chi connectivity index (χ2n) is 4.96. The summed E-state index contributed by atoms with van der Waals surface area (Å²) in [6, 6.07) is 23.2. The number of fused-ring (bicyclic) bond motifs is 3. The van der Waals surface area contributed by atoms with Gasteiger partial charge in [-0.2, -0.15) is 0 Å². The summed E-state index contributed by atoms with van der Waals surface area (Å²) in [6.07, 6.45) is 1.86. The summed E-state index contributed by atoms with van der Waals surface area (Å²) < 4.78 is 2.29. The molecule has 0 fully saturated rings. The summed E-state index contributed by atoms with van der Waals surface area (Å²) in [4.78, 5) is 4.58. The van der Waals surface area contributed by atoms with Crippen molar-refractivity contribution in [1.82, 2.24) is 9.55 Å². The number of aromatic nitrogens is 2.